The van der Waals surface area contributed by atoms with E-state index in [1.165, 1.54) is 5.56 Å². The first-order valence-electron chi connectivity index (χ1n) is 9.17. The Bertz CT molecular complexity index is 1240. The highest BCUT2D eigenvalue weighted by atomic mass is 35.5. The minimum absolute atomic E-state index is 0.726. The van der Waals surface area contributed by atoms with Crippen LogP contribution in [0.5, 0.6) is 0 Å². The second-order valence-electron chi connectivity index (χ2n) is 6.74. The Morgan fingerprint density at radius 2 is 1.25 bits per heavy atom. The molecule has 3 aromatic carbocycles. The van der Waals surface area contributed by atoms with Crippen molar-refractivity contribution in [3.8, 4) is 33.5 Å². The summed E-state index contributed by atoms with van der Waals surface area (Å²) in [5.41, 5.74) is 7.53. The van der Waals surface area contributed by atoms with Crippen molar-refractivity contribution < 1.29 is 0 Å². The third-order valence-electron chi connectivity index (χ3n) is 4.88. The van der Waals surface area contributed by atoms with E-state index >= 15 is 0 Å². The van der Waals surface area contributed by atoms with Gasteiger partial charge in [0.1, 0.15) is 5.65 Å². The van der Waals surface area contributed by atoms with Crippen molar-refractivity contribution in [3.05, 3.63) is 108 Å². The Morgan fingerprint density at radius 3 is 1.93 bits per heavy atom. The Labute approximate surface area is 168 Å². The minimum atomic E-state index is 0.726. The zero-order chi connectivity index (χ0) is 18.9. The molecule has 0 unspecified atom stereocenters. The Hall–Kier alpha value is -3.36. The number of hydrogen-bond acceptors (Lipinski definition) is 1. The number of nitrogens with zero attached hydrogens (tertiary/aromatic N) is 2. The molecule has 0 saturated carbocycles. The summed E-state index contributed by atoms with van der Waals surface area (Å²) in [6, 6.07) is 30.9. The molecule has 5 rings (SSSR count). The van der Waals surface area contributed by atoms with E-state index in [-0.39, 0.29) is 0 Å². The van der Waals surface area contributed by atoms with Gasteiger partial charge in [0.05, 0.1) is 5.69 Å². The van der Waals surface area contributed by atoms with Crippen LogP contribution in [0.15, 0.2) is 103 Å². The molecular weight excluding hydrogens is 364 g/mol. The van der Waals surface area contributed by atoms with Gasteiger partial charge in [0.2, 0.25) is 0 Å². The van der Waals surface area contributed by atoms with Crippen LogP contribution in [0.2, 0.25) is 5.02 Å². The predicted molar refractivity (Wildman–Crippen MR) is 117 cm³/mol. The Balaban J connectivity index is 1.75. The summed E-state index contributed by atoms with van der Waals surface area (Å²) < 4.78 is 2.12. The van der Waals surface area contributed by atoms with E-state index in [2.05, 4.69) is 71.4 Å². The smallest absolute Gasteiger partial charge is 0.145 e. The molecule has 0 bridgehead atoms. The van der Waals surface area contributed by atoms with Gasteiger partial charge in [-0.05, 0) is 34.9 Å². The molecule has 0 aliphatic rings. The molecule has 0 radical (unpaired) electrons. The third-order valence-corrected chi connectivity index (χ3v) is 5.14. The van der Waals surface area contributed by atoms with Crippen molar-refractivity contribution in [2.45, 2.75) is 0 Å². The van der Waals surface area contributed by atoms with E-state index in [0.29, 0.717) is 0 Å². The van der Waals surface area contributed by atoms with Gasteiger partial charge < -0.3 is 4.40 Å². The summed E-state index contributed by atoms with van der Waals surface area (Å²) in [6.07, 6.45) is 4.22. The van der Waals surface area contributed by atoms with Crippen molar-refractivity contribution in [2.24, 2.45) is 0 Å². The summed E-state index contributed by atoms with van der Waals surface area (Å²) in [5.74, 6) is 0. The molecular formula is C25H17ClN2. The molecule has 134 valence electrons. The largest absolute Gasteiger partial charge is 0.305 e. The summed E-state index contributed by atoms with van der Waals surface area (Å²) in [5, 5.41) is 0.726. The average molecular weight is 381 g/mol. The Kier molecular flexibility index (Phi) is 4.19. The first-order chi connectivity index (χ1) is 13.8. The van der Waals surface area contributed by atoms with E-state index in [1.807, 2.05) is 36.4 Å². The second kappa shape index (κ2) is 6.99. The standard InChI is InChI=1S/C25H17ClN2/c26-22-13-11-20(12-14-22)24-17-28-16-21(18-7-3-1-4-8-18)15-23(25(28)27-24)19-9-5-2-6-10-19/h1-17H. The Morgan fingerprint density at radius 1 is 0.607 bits per heavy atom. The van der Waals surface area contributed by atoms with Gasteiger partial charge in [0.25, 0.3) is 0 Å². The highest BCUT2D eigenvalue weighted by molar-refractivity contribution is 6.30. The van der Waals surface area contributed by atoms with E-state index in [0.717, 1.165) is 38.6 Å². The highest BCUT2D eigenvalue weighted by Crippen LogP contribution is 2.32. The maximum atomic E-state index is 6.05. The fourth-order valence-electron chi connectivity index (χ4n) is 3.48. The lowest BCUT2D eigenvalue weighted by atomic mass is 10.0. The van der Waals surface area contributed by atoms with Crippen LogP contribution in [0, 0.1) is 0 Å². The lowest BCUT2D eigenvalue weighted by molar-refractivity contribution is 1.19. The van der Waals surface area contributed by atoms with Crippen molar-refractivity contribution in [2.75, 3.05) is 0 Å². The number of hydrogen-bond donors (Lipinski definition) is 0. The van der Waals surface area contributed by atoms with Crippen LogP contribution in [0.1, 0.15) is 0 Å². The lowest BCUT2D eigenvalue weighted by Gasteiger charge is -2.09. The van der Waals surface area contributed by atoms with Crippen molar-refractivity contribution in [3.63, 3.8) is 0 Å². The van der Waals surface area contributed by atoms with Gasteiger partial charge >= 0.3 is 0 Å². The molecule has 5 aromatic rings. The van der Waals surface area contributed by atoms with Crippen LogP contribution in [0.25, 0.3) is 39.2 Å². The van der Waals surface area contributed by atoms with Crippen LogP contribution in [-0.4, -0.2) is 9.38 Å². The van der Waals surface area contributed by atoms with Gasteiger partial charge in [0, 0.05) is 28.5 Å². The van der Waals surface area contributed by atoms with Gasteiger partial charge in [-0.1, -0.05) is 84.4 Å². The van der Waals surface area contributed by atoms with Crippen molar-refractivity contribution in [1.29, 1.82) is 0 Å². The van der Waals surface area contributed by atoms with E-state index in [9.17, 15) is 0 Å². The normalized spacial score (nSPS) is 11.0. The van der Waals surface area contributed by atoms with E-state index < -0.39 is 0 Å². The van der Waals surface area contributed by atoms with Gasteiger partial charge in [0.15, 0.2) is 0 Å². The van der Waals surface area contributed by atoms with E-state index in [1.54, 1.807) is 0 Å². The van der Waals surface area contributed by atoms with Gasteiger partial charge in [-0.3, -0.25) is 0 Å². The van der Waals surface area contributed by atoms with Crippen molar-refractivity contribution in [1.82, 2.24) is 9.38 Å². The van der Waals surface area contributed by atoms with Crippen LogP contribution >= 0.6 is 11.6 Å². The topological polar surface area (TPSA) is 17.3 Å². The molecule has 28 heavy (non-hydrogen) atoms. The first kappa shape index (κ1) is 16.8. The number of benzene rings is 3. The molecule has 2 aromatic heterocycles. The molecule has 0 aliphatic carbocycles. The average Bonchev–Trinajstić information content (AvgIpc) is 3.19. The number of rotatable bonds is 3. The molecule has 0 saturated heterocycles. The SMILES string of the molecule is Clc1ccc(-c2cn3cc(-c4ccccc4)cc(-c4ccccc4)c3n2)cc1. The number of imidazole rings is 1. The zero-order valence-corrected chi connectivity index (χ0v) is 15.8. The predicted octanol–water partition coefficient (Wildman–Crippen LogP) is 6.99. The molecule has 3 heteroatoms. The van der Waals surface area contributed by atoms with Gasteiger partial charge in [-0.25, -0.2) is 4.98 Å². The molecule has 2 nitrogen and oxygen atoms in total. The summed E-state index contributed by atoms with van der Waals surface area (Å²) >= 11 is 6.05. The molecule has 0 spiro atoms. The lowest BCUT2D eigenvalue weighted by Crippen LogP contribution is -1.90. The van der Waals surface area contributed by atoms with E-state index in [4.69, 9.17) is 16.6 Å². The fourth-order valence-corrected chi connectivity index (χ4v) is 3.60. The molecule has 0 fully saturated rings. The van der Waals surface area contributed by atoms with Crippen LogP contribution in [0.4, 0.5) is 0 Å². The molecule has 0 N–H and O–H groups in total. The number of aromatic nitrogens is 2. The van der Waals surface area contributed by atoms with Crippen LogP contribution in [-0.2, 0) is 0 Å². The minimum Gasteiger partial charge on any atom is -0.305 e. The molecule has 0 atom stereocenters. The second-order valence-corrected chi connectivity index (χ2v) is 7.17. The number of pyridine rings is 1. The van der Waals surface area contributed by atoms with Crippen molar-refractivity contribution >= 4 is 17.2 Å². The van der Waals surface area contributed by atoms with Crippen LogP contribution in [0.3, 0.4) is 0 Å². The first-order valence-corrected chi connectivity index (χ1v) is 9.55. The van der Waals surface area contributed by atoms with Crippen LogP contribution < -0.4 is 0 Å². The summed E-state index contributed by atoms with van der Waals surface area (Å²) in [4.78, 5) is 4.94. The zero-order valence-electron chi connectivity index (χ0n) is 15.1. The van der Waals surface area contributed by atoms with Gasteiger partial charge in [-0.2, -0.15) is 0 Å². The maximum Gasteiger partial charge on any atom is 0.145 e. The number of halogens is 1. The fraction of sp³-hybridized carbons (Fsp3) is 0. The quantitative estimate of drug-likeness (QED) is 0.329. The molecule has 0 amide bonds. The third kappa shape index (κ3) is 3.08. The maximum absolute atomic E-state index is 6.05. The monoisotopic (exact) mass is 380 g/mol. The number of fused-ring (bicyclic) bond motifs is 1. The molecule has 0 aliphatic heterocycles. The molecule has 2 heterocycles. The highest BCUT2D eigenvalue weighted by Gasteiger charge is 2.12. The summed E-state index contributed by atoms with van der Waals surface area (Å²) in [7, 11) is 0. The summed E-state index contributed by atoms with van der Waals surface area (Å²) in [6.45, 7) is 0. The van der Waals surface area contributed by atoms with Gasteiger partial charge in [-0.15, -0.1) is 0 Å².